The molecule has 0 bridgehead atoms. The fourth-order valence-corrected chi connectivity index (χ4v) is 2.53. The summed E-state index contributed by atoms with van der Waals surface area (Å²) in [6.45, 7) is 1.97. The summed E-state index contributed by atoms with van der Waals surface area (Å²) < 4.78 is 1.89. The van der Waals surface area contributed by atoms with E-state index in [4.69, 9.17) is 5.11 Å². The monoisotopic (exact) mass is 354 g/mol. The van der Waals surface area contributed by atoms with E-state index in [1.807, 2.05) is 19.1 Å². The average molecular weight is 355 g/mol. The first-order valence-corrected chi connectivity index (χ1v) is 5.55. The van der Waals surface area contributed by atoms with Crippen molar-refractivity contribution in [2.45, 2.75) is 13.3 Å². The molecule has 0 amide bonds. The maximum absolute atomic E-state index is 10.6. The lowest BCUT2D eigenvalue weighted by Crippen LogP contribution is -2.03. The Kier molecular flexibility index (Phi) is 3.73. The Morgan fingerprint density at radius 2 is 2.23 bits per heavy atom. The van der Waals surface area contributed by atoms with Gasteiger partial charge in [-0.05, 0) is 46.7 Å². The summed E-state index contributed by atoms with van der Waals surface area (Å²) in [5, 5.41) is 8.68. The zero-order chi connectivity index (χ0) is 10.0. The molecule has 4 heteroatoms. The Labute approximate surface area is 98.6 Å². The second kappa shape index (κ2) is 4.41. The number of hydrogen-bond donors (Lipinski definition) is 1. The number of halogens is 2. The predicted molar refractivity (Wildman–Crippen MR) is 62.9 cm³/mol. The molecule has 0 aliphatic carbocycles. The van der Waals surface area contributed by atoms with Crippen LogP contribution in [0.2, 0.25) is 0 Å². The Bertz CT molecular complexity index is 350. The van der Waals surface area contributed by atoms with Gasteiger partial charge in [-0.25, -0.2) is 0 Å². The van der Waals surface area contributed by atoms with Crippen LogP contribution < -0.4 is 0 Å². The Hall–Kier alpha value is -0.100. The van der Waals surface area contributed by atoms with Gasteiger partial charge in [-0.3, -0.25) is 4.79 Å². The molecule has 0 aliphatic rings. The summed E-state index contributed by atoms with van der Waals surface area (Å²) in [6.07, 6.45) is 0.0700. The summed E-state index contributed by atoms with van der Waals surface area (Å²) >= 11 is 5.51. The van der Waals surface area contributed by atoms with Crippen LogP contribution in [-0.2, 0) is 11.2 Å². The number of hydrogen-bond acceptors (Lipinski definition) is 1. The van der Waals surface area contributed by atoms with Gasteiger partial charge in [-0.2, -0.15) is 0 Å². The third kappa shape index (κ3) is 2.67. The van der Waals surface area contributed by atoms with Crippen LogP contribution in [0.15, 0.2) is 16.6 Å². The highest BCUT2D eigenvalue weighted by Gasteiger charge is 2.10. The van der Waals surface area contributed by atoms with Crippen LogP contribution in [0.25, 0.3) is 0 Å². The van der Waals surface area contributed by atoms with Gasteiger partial charge in [0.15, 0.2) is 0 Å². The molecule has 0 saturated heterocycles. The first kappa shape index (κ1) is 11.0. The van der Waals surface area contributed by atoms with Crippen LogP contribution in [0.1, 0.15) is 11.1 Å². The van der Waals surface area contributed by atoms with Gasteiger partial charge < -0.3 is 5.11 Å². The normalized spacial score (nSPS) is 10.1. The molecule has 0 spiro atoms. The van der Waals surface area contributed by atoms with E-state index in [9.17, 15) is 4.79 Å². The van der Waals surface area contributed by atoms with E-state index in [-0.39, 0.29) is 6.42 Å². The molecule has 0 unspecified atom stereocenters. The van der Waals surface area contributed by atoms with Crippen LogP contribution in [0.4, 0.5) is 0 Å². The molecule has 0 aliphatic heterocycles. The third-order valence-electron chi connectivity index (χ3n) is 1.71. The zero-order valence-corrected chi connectivity index (χ0v) is 10.7. The molecule has 2 nitrogen and oxygen atoms in total. The molecular formula is C9H8BrIO2. The van der Waals surface area contributed by atoms with Crippen molar-refractivity contribution in [2.24, 2.45) is 0 Å². The molecule has 1 N–H and O–H groups in total. The second-order valence-corrected chi connectivity index (χ2v) is 4.66. The lowest BCUT2D eigenvalue weighted by Gasteiger charge is -2.07. The van der Waals surface area contributed by atoms with Gasteiger partial charge in [0.2, 0.25) is 0 Å². The second-order valence-electron chi connectivity index (χ2n) is 2.73. The average Bonchev–Trinajstić information content (AvgIpc) is 2.05. The molecule has 70 valence electrons. The number of carbonyl (C=O) groups is 1. The fraction of sp³-hybridized carbons (Fsp3) is 0.222. The van der Waals surface area contributed by atoms with Crippen molar-refractivity contribution in [3.05, 3.63) is 31.3 Å². The number of carboxylic acid groups (broad SMARTS) is 1. The van der Waals surface area contributed by atoms with Crippen molar-refractivity contribution in [1.29, 1.82) is 0 Å². The SMILES string of the molecule is Cc1ccc(Br)c(CC(=O)O)c1I. The van der Waals surface area contributed by atoms with Gasteiger partial charge in [0, 0.05) is 8.04 Å². The van der Waals surface area contributed by atoms with E-state index in [0.717, 1.165) is 19.2 Å². The van der Waals surface area contributed by atoms with Crippen LogP contribution in [0.5, 0.6) is 0 Å². The van der Waals surface area contributed by atoms with E-state index in [0.29, 0.717) is 0 Å². The number of aliphatic carboxylic acids is 1. The highest BCUT2D eigenvalue weighted by Crippen LogP contribution is 2.25. The summed E-state index contributed by atoms with van der Waals surface area (Å²) in [4.78, 5) is 10.6. The summed E-state index contributed by atoms with van der Waals surface area (Å²) in [7, 11) is 0. The molecule has 0 atom stereocenters. The van der Waals surface area contributed by atoms with E-state index in [1.54, 1.807) is 0 Å². The van der Waals surface area contributed by atoms with Crippen molar-refractivity contribution in [1.82, 2.24) is 0 Å². The summed E-state index contributed by atoms with van der Waals surface area (Å²) in [6, 6.07) is 3.85. The maximum atomic E-state index is 10.6. The maximum Gasteiger partial charge on any atom is 0.307 e. The molecular weight excluding hydrogens is 347 g/mol. The first-order chi connectivity index (χ1) is 6.02. The molecule has 1 rings (SSSR count). The van der Waals surface area contributed by atoms with Gasteiger partial charge in [-0.15, -0.1) is 0 Å². The van der Waals surface area contributed by atoms with Crippen molar-refractivity contribution < 1.29 is 9.90 Å². The number of carboxylic acids is 1. The Balaban J connectivity index is 3.17. The van der Waals surface area contributed by atoms with Crippen molar-refractivity contribution in [2.75, 3.05) is 0 Å². The molecule has 0 heterocycles. The standard InChI is InChI=1S/C9H8BrIO2/c1-5-2-3-7(10)6(9(5)11)4-8(12)13/h2-3H,4H2,1H3,(H,12,13). The number of benzene rings is 1. The van der Waals surface area contributed by atoms with Crippen molar-refractivity contribution in [3.63, 3.8) is 0 Å². The third-order valence-corrected chi connectivity index (χ3v) is 3.95. The minimum atomic E-state index is -0.802. The van der Waals surface area contributed by atoms with Crippen molar-refractivity contribution >= 4 is 44.5 Å². The van der Waals surface area contributed by atoms with Crippen LogP contribution >= 0.6 is 38.5 Å². The highest BCUT2D eigenvalue weighted by molar-refractivity contribution is 14.1. The quantitative estimate of drug-likeness (QED) is 0.829. The van der Waals surface area contributed by atoms with Crippen LogP contribution in [0, 0.1) is 10.5 Å². The van der Waals surface area contributed by atoms with Crippen molar-refractivity contribution in [3.8, 4) is 0 Å². The summed E-state index contributed by atoms with van der Waals surface area (Å²) in [5.41, 5.74) is 1.97. The zero-order valence-electron chi connectivity index (χ0n) is 6.97. The molecule has 13 heavy (non-hydrogen) atoms. The first-order valence-electron chi connectivity index (χ1n) is 3.67. The number of aryl methyl sites for hydroxylation is 1. The molecule has 1 aromatic carbocycles. The lowest BCUT2D eigenvalue weighted by atomic mass is 10.1. The Morgan fingerprint density at radius 1 is 1.62 bits per heavy atom. The highest BCUT2D eigenvalue weighted by atomic mass is 127. The van der Waals surface area contributed by atoms with Crippen LogP contribution in [-0.4, -0.2) is 11.1 Å². The minimum Gasteiger partial charge on any atom is -0.481 e. The molecule has 0 saturated carbocycles. The topological polar surface area (TPSA) is 37.3 Å². The minimum absolute atomic E-state index is 0.0700. The summed E-state index contributed by atoms with van der Waals surface area (Å²) in [5.74, 6) is -0.802. The number of rotatable bonds is 2. The molecule has 0 radical (unpaired) electrons. The van der Waals surface area contributed by atoms with E-state index in [2.05, 4.69) is 38.5 Å². The van der Waals surface area contributed by atoms with Gasteiger partial charge in [0.25, 0.3) is 0 Å². The van der Waals surface area contributed by atoms with Gasteiger partial charge >= 0.3 is 5.97 Å². The van der Waals surface area contributed by atoms with Gasteiger partial charge in [0.05, 0.1) is 6.42 Å². The van der Waals surface area contributed by atoms with E-state index in [1.165, 1.54) is 0 Å². The predicted octanol–water partition coefficient (Wildman–Crippen LogP) is 2.99. The lowest BCUT2D eigenvalue weighted by molar-refractivity contribution is -0.136. The van der Waals surface area contributed by atoms with Gasteiger partial charge in [0.1, 0.15) is 0 Å². The molecule has 0 aromatic heterocycles. The van der Waals surface area contributed by atoms with E-state index < -0.39 is 5.97 Å². The van der Waals surface area contributed by atoms with Crippen LogP contribution in [0.3, 0.4) is 0 Å². The molecule has 0 fully saturated rings. The largest absolute Gasteiger partial charge is 0.481 e. The van der Waals surface area contributed by atoms with Gasteiger partial charge in [-0.1, -0.05) is 22.0 Å². The van der Waals surface area contributed by atoms with E-state index >= 15 is 0 Å². The smallest absolute Gasteiger partial charge is 0.307 e. The Morgan fingerprint density at radius 3 is 2.77 bits per heavy atom. The fourth-order valence-electron chi connectivity index (χ4n) is 1.03. The molecule has 1 aromatic rings.